The lowest BCUT2D eigenvalue weighted by atomic mass is 10.2. The number of pyridine rings is 1. The standard InChI is InChI=1S/C22H27N7O/c1-27-10-12-28(13-11-27)21-7-6-19(16-23-21)17-25-22(30)24-15-18-4-2-5-20(14-18)29-9-3-8-26-29/h2-9,14,16H,10-13,15,17H2,1H3,(H2,24,25,30). The highest BCUT2D eigenvalue weighted by Gasteiger charge is 2.15. The van der Waals surface area contributed by atoms with Crippen LogP contribution in [0, 0.1) is 0 Å². The second-order valence-electron chi connectivity index (χ2n) is 7.47. The van der Waals surface area contributed by atoms with E-state index in [0.717, 1.165) is 48.8 Å². The van der Waals surface area contributed by atoms with Gasteiger partial charge in [-0.1, -0.05) is 18.2 Å². The Labute approximate surface area is 176 Å². The number of hydrogen-bond acceptors (Lipinski definition) is 5. The molecule has 2 aromatic heterocycles. The maximum absolute atomic E-state index is 12.2. The van der Waals surface area contributed by atoms with E-state index in [9.17, 15) is 4.79 Å². The fourth-order valence-corrected chi connectivity index (χ4v) is 3.40. The second kappa shape index (κ2) is 9.41. The molecule has 1 fully saturated rings. The summed E-state index contributed by atoms with van der Waals surface area (Å²) in [7, 11) is 2.14. The smallest absolute Gasteiger partial charge is 0.315 e. The maximum Gasteiger partial charge on any atom is 0.315 e. The molecule has 3 heterocycles. The molecule has 0 aliphatic carbocycles. The zero-order valence-corrected chi connectivity index (χ0v) is 17.2. The number of hydrogen-bond donors (Lipinski definition) is 2. The summed E-state index contributed by atoms with van der Waals surface area (Å²) >= 11 is 0. The van der Waals surface area contributed by atoms with E-state index in [1.807, 2.05) is 54.9 Å². The summed E-state index contributed by atoms with van der Waals surface area (Å²) in [6.07, 6.45) is 5.47. The summed E-state index contributed by atoms with van der Waals surface area (Å²) < 4.78 is 1.79. The molecule has 0 bridgehead atoms. The van der Waals surface area contributed by atoms with Gasteiger partial charge in [-0.05, 0) is 42.4 Å². The Bertz CT molecular complexity index is 948. The van der Waals surface area contributed by atoms with Gasteiger partial charge in [-0.15, -0.1) is 0 Å². The Morgan fingerprint density at radius 3 is 2.50 bits per heavy atom. The van der Waals surface area contributed by atoms with Gasteiger partial charge >= 0.3 is 6.03 Å². The molecule has 1 aliphatic heterocycles. The van der Waals surface area contributed by atoms with Gasteiger partial charge in [-0.3, -0.25) is 0 Å². The first-order valence-electron chi connectivity index (χ1n) is 10.2. The Balaban J connectivity index is 1.24. The van der Waals surface area contributed by atoms with Gasteiger partial charge in [0.05, 0.1) is 5.69 Å². The van der Waals surface area contributed by atoms with E-state index in [1.165, 1.54) is 0 Å². The SMILES string of the molecule is CN1CCN(c2ccc(CNC(=O)NCc3cccc(-n4cccn4)c3)cn2)CC1. The number of nitrogens with zero attached hydrogens (tertiary/aromatic N) is 5. The molecule has 30 heavy (non-hydrogen) atoms. The Hall–Kier alpha value is -3.39. The van der Waals surface area contributed by atoms with Crippen LogP contribution < -0.4 is 15.5 Å². The summed E-state index contributed by atoms with van der Waals surface area (Å²) in [5.74, 6) is 0.994. The van der Waals surface area contributed by atoms with Crippen LogP contribution in [0.2, 0.25) is 0 Å². The normalized spacial score (nSPS) is 14.5. The number of rotatable bonds is 6. The highest BCUT2D eigenvalue weighted by Crippen LogP contribution is 2.13. The van der Waals surface area contributed by atoms with Crippen molar-refractivity contribution in [3.05, 3.63) is 72.2 Å². The van der Waals surface area contributed by atoms with Crippen molar-refractivity contribution in [3.63, 3.8) is 0 Å². The predicted octanol–water partition coefficient (Wildman–Crippen LogP) is 2.02. The second-order valence-corrected chi connectivity index (χ2v) is 7.47. The first kappa shape index (κ1) is 19.9. The molecule has 0 atom stereocenters. The molecule has 1 aromatic carbocycles. The van der Waals surface area contributed by atoms with Gasteiger partial charge in [0.15, 0.2) is 0 Å². The van der Waals surface area contributed by atoms with Gasteiger partial charge < -0.3 is 20.4 Å². The van der Waals surface area contributed by atoms with Crippen molar-refractivity contribution in [2.75, 3.05) is 38.1 Å². The zero-order valence-electron chi connectivity index (χ0n) is 17.2. The maximum atomic E-state index is 12.2. The molecule has 3 aromatic rings. The minimum Gasteiger partial charge on any atom is -0.354 e. The average molecular weight is 406 g/mol. The van der Waals surface area contributed by atoms with Crippen molar-refractivity contribution in [3.8, 4) is 5.69 Å². The highest BCUT2D eigenvalue weighted by molar-refractivity contribution is 5.73. The number of carbonyl (C=O) groups excluding carboxylic acids is 1. The van der Waals surface area contributed by atoms with Crippen LogP contribution >= 0.6 is 0 Å². The van der Waals surface area contributed by atoms with E-state index in [-0.39, 0.29) is 6.03 Å². The van der Waals surface area contributed by atoms with Crippen molar-refractivity contribution < 1.29 is 4.79 Å². The van der Waals surface area contributed by atoms with Crippen molar-refractivity contribution in [2.45, 2.75) is 13.1 Å². The van der Waals surface area contributed by atoms with Crippen LogP contribution in [0.3, 0.4) is 0 Å². The number of carbonyl (C=O) groups is 1. The quantitative estimate of drug-likeness (QED) is 0.656. The van der Waals surface area contributed by atoms with Crippen LogP contribution in [0.25, 0.3) is 5.69 Å². The molecular formula is C22H27N7O. The first-order valence-corrected chi connectivity index (χ1v) is 10.2. The molecule has 0 saturated carbocycles. The fraction of sp³-hybridized carbons (Fsp3) is 0.318. The molecule has 0 radical (unpaired) electrons. The number of amides is 2. The topological polar surface area (TPSA) is 78.3 Å². The number of benzene rings is 1. The van der Waals surface area contributed by atoms with E-state index in [2.05, 4.69) is 37.6 Å². The molecule has 0 unspecified atom stereocenters. The number of anilines is 1. The molecule has 4 rings (SSSR count). The predicted molar refractivity (Wildman–Crippen MR) is 117 cm³/mol. The number of nitrogens with one attached hydrogen (secondary N) is 2. The van der Waals surface area contributed by atoms with Crippen LogP contribution in [0.4, 0.5) is 10.6 Å². The van der Waals surface area contributed by atoms with Gasteiger partial charge in [0.1, 0.15) is 5.82 Å². The average Bonchev–Trinajstić information content (AvgIpc) is 3.33. The Morgan fingerprint density at radius 2 is 1.80 bits per heavy atom. The lowest BCUT2D eigenvalue weighted by molar-refractivity contribution is 0.240. The fourth-order valence-electron chi connectivity index (χ4n) is 3.40. The Morgan fingerprint density at radius 1 is 1.00 bits per heavy atom. The third-order valence-electron chi connectivity index (χ3n) is 5.22. The number of piperazine rings is 1. The molecule has 8 nitrogen and oxygen atoms in total. The highest BCUT2D eigenvalue weighted by atomic mass is 16.2. The van der Waals surface area contributed by atoms with E-state index < -0.39 is 0 Å². The summed E-state index contributed by atoms with van der Waals surface area (Å²) in [6.45, 7) is 4.97. The minimum absolute atomic E-state index is 0.206. The van der Waals surface area contributed by atoms with Crippen LogP contribution in [0.1, 0.15) is 11.1 Å². The van der Waals surface area contributed by atoms with Crippen molar-refractivity contribution in [1.82, 2.24) is 30.3 Å². The van der Waals surface area contributed by atoms with Gasteiger partial charge in [0, 0.05) is 57.9 Å². The third kappa shape index (κ3) is 5.15. The molecule has 0 spiro atoms. The number of urea groups is 1. The lowest BCUT2D eigenvalue weighted by Crippen LogP contribution is -2.44. The summed E-state index contributed by atoms with van der Waals surface area (Å²) in [4.78, 5) is 21.3. The zero-order chi connectivity index (χ0) is 20.8. The molecule has 2 N–H and O–H groups in total. The van der Waals surface area contributed by atoms with Gasteiger partial charge in [-0.25, -0.2) is 14.5 Å². The largest absolute Gasteiger partial charge is 0.354 e. The van der Waals surface area contributed by atoms with Crippen LogP contribution in [0.5, 0.6) is 0 Å². The van der Waals surface area contributed by atoms with E-state index in [4.69, 9.17) is 0 Å². The third-order valence-corrected chi connectivity index (χ3v) is 5.22. The van der Waals surface area contributed by atoms with Crippen LogP contribution in [0.15, 0.2) is 61.1 Å². The number of aromatic nitrogens is 3. The number of likely N-dealkylation sites (N-methyl/N-ethyl adjacent to an activating group) is 1. The van der Waals surface area contributed by atoms with Gasteiger partial charge in [-0.2, -0.15) is 5.10 Å². The van der Waals surface area contributed by atoms with Crippen LogP contribution in [-0.4, -0.2) is 58.9 Å². The molecule has 156 valence electrons. The molecular weight excluding hydrogens is 378 g/mol. The van der Waals surface area contributed by atoms with E-state index in [0.29, 0.717) is 13.1 Å². The van der Waals surface area contributed by atoms with Crippen molar-refractivity contribution in [2.24, 2.45) is 0 Å². The van der Waals surface area contributed by atoms with E-state index >= 15 is 0 Å². The van der Waals surface area contributed by atoms with Crippen molar-refractivity contribution >= 4 is 11.8 Å². The Kier molecular flexibility index (Phi) is 6.24. The molecule has 8 heteroatoms. The lowest BCUT2D eigenvalue weighted by Gasteiger charge is -2.33. The monoisotopic (exact) mass is 405 g/mol. The summed E-state index contributed by atoms with van der Waals surface area (Å²) in [5.41, 5.74) is 2.95. The first-order chi connectivity index (χ1) is 14.7. The molecule has 2 amide bonds. The molecule has 1 saturated heterocycles. The van der Waals surface area contributed by atoms with E-state index in [1.54, 1.807) is 10.9 Å². The summed E-state index contributed by atoms with van der Waals surface area (Å²) in [6, 6.07) is 13.7. The van der Waals surface area contributed by atoms with Gasteiger partial charge in [0.25, 0.3) is 0 Å². The summed E-state index contributed by atoms with van der Waals surface area (Å²) in [5, 5.41) is 10.0. The van der Waals surface area contributed by atoms with Gasteiger partial charge in [0.2, 0.25) is 0 Å². The van der Waals surface area contributed by atoms with Crippen LogP contribution in [-0.2, 0) is 13.1 Å². The van der Waals surface area contributed by atoms with Crippen molar-refractivity contribution in [1.29, 1.82) is 0 Å². The minimum atomic E-state index is -0.206. The molecule has 1 aliphatic rings.